The van der Waals surface area contributed by atoms with Crippen molar-refractivity contribution in [3.8, 4) is 0 Å². The summed E-state index contributed by atoms with van der Waals surface area (Å²) in [5.41, 5.74) is -1.70. The van der Waals surface area contributed by atoms with E-state index in [1.165, 1.54) is 0 Å². The Balaban J connectivity index is 2.56. The summed E-state index contributed by atoms with van der Waals surface area (Å²) in [6, 6.07) is 0. The molecule has 0 aromatic heterocycles. The van der Waals surface area contributed by atoms with Crippen molar-refractivity contribution in [2.24, 2.45) is 11.8 Å². The summed E-state index contributed by atoms with van der Waals surface area (Å²) < 4.78 is 25.1. The van der Waals surface area contributed by atoms with Crippen LogP contribution in [0.4, 0.5) is 8.78 Å². The SMILES string of the molecule is CC(C)C1CCCC(O)(C(F)F)CC1. The van der Waals surface area contributed by atoms with Crippen molar-refractivity contribution in [2.75, 3.05) is 0 Å². The van der Waals surface area contributed by atoms with E-state index in [9.17, 15) is 13.9 Å². The van der Waals surface area contributed by atoms with Crippen LogP contribution >= 0.6 is 0 Å². The minimum Gasteiger partial charge on any atom is -0.384 e. The van der Waals surface area contributed by atoms with Crippen LogP contribution in [0.25, 0.3) is 0 Å². The molecule has 2 atom stereocenters. The number of hydrogen-bond donors (Lipinski definition) is 1. The molecule has 0 aromatic carbocycles. The van der Waals surface area contributed by atoms with Crippen molar-refractivity contribution >= 4 is 0 Å². The summed E-state index contributed by atoms with van der Waals surface area (Å²) in [5.74, 6) is 1.04. The Morgan fingerprint density at radius 3 is 2.36 bits per heavy atom. The fraction of sp³-hybridized carbons (Fsp3) is 1.00. The van der Waals surface area contributed by atoms with Gasteiger partial charge in [0.25, 0.3) is 6.43 Å². The molecule has 2 unspecified atom stereocenters. The maximum Gasteiger partial charge on any atom is 0.266 e. The van der Waals surface area contributed by atoms with Crippen LogP contribution in [0.5, 0.6) is 0 Å². The molecule has 1 fully saturated rings. The largest absolute Gasteiger partial charge is 0.384 e. The summed E-state index contributed by atoms with van der Waals surface area (Å²) >= 11 is 0. The average molecular weight is 206 g/mol. The zero-order valence-corrected chi connectivity index (χ0v) is 8.97. The van der Waals surface area contributed by atoms with Crippen LogP contribution in [-0.4, -0.2) is 17.1 Å². The van der Waals surface area contributed by atoms with Gasteiger partial charge in [0, 0.05) is 0 Å². The molecule has 1 saturated carbocycles. The number of alkyl halides is 2. The van der Waals surface area contributed by atoms with E-state index in [0.717, 1.165) is 19.3 Å². The summed E-state index contributed by atoms with van der Waals surface area (Å²) in [6.07, 6.45) is 0.365. The number of halogens is 2. The molecule has 1 aliphatic rings. The van der Waals surface area contributed by atoms with E-state index >= 15 is 0 Å². The second-order valence-corrected chi connectivity index (χ2v) is 4.84. The van der Waals surface area contributed by atoms with Crippen molar-refractivity contribution in [3.63, 3.8) is 0 Å². The predicted octanol–water partition coefficient (Wildman–Crippen LogP) is 3.22. The smallest absolute Gasteiger partial charge is 0.266 e. The first-order valence-electron chi connectivity index (χ1n) is 5.46. The number of aliphatic hydroxyl groups is 1. The monoisotopic (exact) mass is 206 g/mol. The van der Waals surface area contributed by atoms with Gasteiger partial charge in [0.1, 0.15) is 5.60 Å². The lowest BCUT2D eigenvalue weighted by atomic mass is 9.88. The molecule has 0 heterocycles. The molecule has 1 aliphatic carbocycles. The van der Waals surface area contributed by atoms with Gasteiger partial charge in [0.15, 0.2) is 0 Å². The Morgan fingerprint density at radius 2 is 1.86 bits per heavy atom. The fourth-order valence-electron chi connectivity index (χ4n) is 2.26. The molecule has 1 nitrogen and oxygen atoms in total. The molecule has 0 saturated heterocycles. The van der Waals surface area contributed by atoms with Crippen molar-refractivity contribution in [1.29, 1.82) is 0 Å². The zero-order valence-electron chi connectivity index (χ0n) is 8.97. The minimum absolute atomic E-state index is 0.257. The average Bonchev–Trinajstić information content (AvgIpc) is 2.28. The van der Waals surface area contributed by atoms with Gasteiger partial charge in [-0.15, -0.1) is 0 Å². The lowest BCUT2D eigenvalue weighted by Gasteiger charge is -2.25. The lowest BCUT2D eigenvalue weighted by Crippen LogP contribution is -2.36. The van der Waals surface area contributed by atoms with Gasteiger partial charge in [-0.05, 0) is 31.1 Å². The molecule has 0 spiro atoms. The first-order chi connectivity index (χ1) is 6.46. The summed E-state index contributed by atoms with van der Waals surface area (Å²) in [6.45, 7) is 4.24. The van der Waals surface area contributed by atoms with E-state index in [2.05, 4.69) is 13.8 Å². The molecule has 1 rings (SSSR count). The topological polar surface area (TPSA) is 20.2 Å². The summed E-state index contributed by atoms with van der Waals surface area (Å²) in [5, 5.41) is 9.68. The van der Waals surface area contributed by atoms with Crippen molar-refractivity contribution < 1.29 is 13.9 Å². The molecule has 1 N–H and O–H groups in total. The zero-order chi connectivity index (χ0) is 10.8. The van der Waals surface area contributed by atoms with Crippen LogP contribution in [0.2, 0.25) is 0 Å². The Morgan fingerprint density at radius 1 is 1.21 bits per heavy atom. The van der Waals surface area contributed by atoms with Crippen LogP contribution in [-0.2, 0) is 0 Å². The highest BCUT2D eigenvalue weighted by atomic mass is 19.3. The Bertz CT molecular complexity index is 182. The molecule has 14 heavy (non-hydrogen) atoms. The third-order valence-electron chi connectivity index (χ3n) is 3.48. The number of rotatable bonds is 2. The van der Waals surface area contributed by atoms with Gasteiger partial charge in [0.05, 0.1) is 0 Å². The number of hydrogen-bond acceptors (Lipinski definition) is 1. The molecular formula is C11H20F2O. The lowest BCUT2D eigenvalue weighted by molar-refractivity contribution is -0.105. The molecule has 0 amide bonds. The van der Waals surface area contributed by atoms with Gasteiger partial charge in [0.2, 0.25) is 0 Å². The molecule has 0 aromatic rings. The molecule has 0 radical (unpaired) electrons. The van der Waals surface area contributed by atoms with Gasteiger partial charge >= 0.3 is 0 Å². The Kier molecular flexibility index (Phi) is 3.87. The first-order valence-corrected chi connectivity index (χ1v) is 5.46. The molecule has 0 bridgehead atoms. The highest BCUT2D eigenvalue weighted by Gasteiger charge is 2.39. The van der Waals surface area contributed by atoms with E-state index < -0.39 is 12.0 Å². The van der Waals surface area contributed by atoms with Crippen molar-refractivity contribution in [1.82, 2.24) is 0 Å². The Hall–Kier alpha value is -0.180. The third kappa shape index (κ3) is 2.66. The highest BCUT2D eigenvalue weighted by Crippen LogP contribution is 2.36. The van der Waals surface area contributed by atoms with Crippen molar-refractivity contribution in [2.45, 2.75) is 58.0 Å². The van der Waals surface area contributed by atoms with Crippen LogP contribution in [0.15, 0.2) is 0 Å². The second kappa shape index (κ2) is 4.56. The quantitative estimate of drug-likeness (QED) is 0.688. The Labute approximate surface area is 84.5 Å². The van der Waals surface area contributed by atoms with Gasteiger partial charge in [-0.3, -0.25) is 0 Å². The first kappa shape index (κ1) is 11.9. The van der Waals surface area contributed by atoms with Gasteiger partial charge in [-0.2, -0.15) is 0 Å². The van der Waals surface area contributed by atoms with E-state index in [4.69, 9.17) is 0 Å². The van der Waals surface area contributed by atoms with Crippen LogP contribution in [0, 0.1) is 11.8 Å². The van der Waals surface area contributed by atoms with Crippen LogP contribution < -0.4 is 0 Å². The minimum atomic E-state index is -2.59. The predicted molar refractivity (Wildman–Crippen MR) is 52.4 cm³/mol. The maximum atomic E-state index is 12.6. The molecule has 0 aliphatic heterocycles. The van der Waals surface area contributed by atoms with Crippen molar-refractivity contribution in [3.05, 3.63) is 0 Å². The van der Waals surface area contributed by atoms with E-state index in [1.807, 2.05) is 0 Å². The van der Waals surface area contributed by atoms with E-state index in [-0.39, 0.29) is 12.8 Å². The van der Waals surface area contributed by atoms with Gasteiger partial charge in [-0.25, -0.2) is 8.78 Å². The molecule has 3 heteroatoms. The van der Waals surface area contributed by atoms with E-state index in [1.54, 1.807) is 0 Å². The van der Waals surface area contributed by atoms with Crippen LogP contribution in [0.1, 0.15) is 46.0 Å². The molecular weight excluding hydrogens is 186 g/mol. The fourth-order valence-corrected chi connectivity index (χ4v) is 2.26. The molecule has 84 valence electrons. The van der Waals surface area contributed by atoms with Crippen LogP contribution in [0.3, 0.4) is 0 Å². The summed E-state index contributed by atoms with van der Waals surface area (Å²) in [7, 11) is 0. The second-order valence-electron chi connectivity index (χ2n) is 4.84. The standard InChI is InChI=1S/C11H20F2O/c1-8(2)9-4-3-6-11(14,7-5-9)10(12)13/h8-10,14H,3-7H2,1-2H3. The van der Waals surface area contributed by atoms with Gasteiger partial charge < -0.3 is 5.11 Å². The van der Waals surface area contributed by atoms with E-state index in [0.29, 0.717) is 11.8 Å². The third-order valence-corrected chi connectivity index (χ3v) is 3.48. The van der Waals surface area contributed by atoms with Gasteiger partial charge in [-0.1, -0.05) is 26.7 Å². The maximum absolute atomic E-state index is 12.6. The highest BCUT2D eigenvalue weighted by molar-refractivity contribution is 4.86. The normalized spacial score (nSPS) is 34.9. The summed E-state index contributed by atoms with van der Waals surface area (Å²) in [4.78, 5) is 0.